The maximum atomic E-state index is 12.8. The molecule has 0 atom stereocenters. The van der Waals surface area contributed by atoms with Gasteiger partial charge < -0.3 is 19.9 Å². The van der Waals surface area contributed by atoms with Crippen molar-refractivity contribution in [1.82, 2.24) is 10.2 Å². The molecule has 3 aromatic rings. The summed E-state index contributed by atoms with van der Waals surface area (Å²) in [4.78, 5) is 37.5. The molecule has 0 unspecified atom stereocenters. The zero-order valence-electron chi connectivity index (χ0n) is 18.7. The van der Waals surface area contributed by atoms with Crippen LogP contribution in [0, 0.1) is 0 Å². The predicted molar refractivity (Wildman–Crippen MR) is 129 cm³/mol. The lowest BCUT2D eigenvalue weighted by Crippen LogP contribution is -2.30. The van der Waals surface area contributed by atoms with Crippen LogP contribution >= 0.6 is 11.6 Å². The number of methoxy groups -OCH3 is 1. The van der Waals surface area contributed by atoms with Crippen LogP contribution < -0.4 is 14.8 Å². The van der Waals surface area contributed by atoms with Gasteiger partial charge in [0, 0.05) is 0 Å². The van der Waals surface area contributed by atoms with Crippen LogP contribution in [0.5, 0.6) is 11.5 Å². The van der Waals surface area contributed by atoms with Crippen molar-refractivity contribution in [3.8, 4) is 11.5 Å². The molecule has 0 bridgehead atoms. The van der Waals surface area contributed by atoms with Gasteiger partial charge >= 0.3 is 12.0 Å². The van der Waals surface area contributed by atoms with E-state index < -0.39 is 17.9 Å². The zero-order valence-corrected chi connectivity index (χ0v) is 19.4. The molecule has 1 aliphatic heterocycles. The van der Waals surface area contributed by atoms with Gasteiger partial charge in [-0.3, -0.25) is 9.69 Å². The minimum Gasteiger partial charge on any atom is -0.493 e. The van der Waals surface area contributed by atoms with Crippen LogP contribution in [0.15, 0.2) is 72.4 Å². The minimum absolute atomic E-state index is 0.0701. The van der Waals surface area contributed by atoms with Crippen molar-refractivity contribution in [3.05, 3.63) is 99.7 Å². The number of urea groups is 1. The van der Waals surface area contributed by atoms with Crippen molar-refractivity contribution in [3.63, 3.8) is 0 Å². The summed E-state index contributed by atoms with van der Waals surface area (Å²) in [6.45, 7) is 0.226. The van der Waals surface area contributed by atoms with Crippen molar-refractivity contribution in [1.29, 1.82) is 0 Å². The number of halogens is 1. The topological polar surface area (TPSA) is 105 Å². The maximum absolute atomic E-state index is 12.8. The Bertz CT molecular complexity index is 1320. The number of carbonyl (C=O) groups is 3. The second-order valence-corrected chi connectivity index (χ2v) is 8.10. The van der Waals surface area contributed by atoms with E-state index in [2.05, 4.69) is 5.32 Å². The van der Waals surface area contributed by atoms with Crippen molar-refractivity contribution >= 4 is 35.6 Å². The number of aromatic carboxylic acids is 1. The summed E-state index contributed by atoms with van der Waals surface area (Å²) in [6, 6.07) is 18.3. The number of benzene rings is 3. The Balaban J connectivity index is 1.53. The normalized spacial score (nSPS) is 14.2. The first-order valence-corrected chi connectivity index (χ1v) is 10.9. The number of carboxylic acid groups (broad SMARTS) is 1. The van der Waals surface area contributed by atoms with Gasteiger partial charge in [0.15, 0.2) is 11.5 Å². The van der Waals surface area contributed by atoms with Crippen LogP contribution in [-0.4, -0.2) is 35.0 Å². The lowest BCUT2D eigenvalue weighted by Gasteiger charge is -2.14. The van der Waals surface area contributed by atoms with Crippen LogP contribution in [0.3, 0.4) is 0 Å². The quantitative estimate of drug-likeness (QED) is 0.348. The molecule has 0 spiro atoms. The first-order valence-electron chi connectivity index (χ1n) is 10.6. The Kier molecular flexibility index (Phi) is 7.03. The average Bonchev–Trinajstić information content (AvgIpc) is 3.11. The van der Waals surface area contributed by atoms with Gasteiger partial charge in [0.1, 0.15) is 12.3 Å². The van der Waals surface area contributed by atoms with Crippen LogP contribution in [0.4, 0.5) is 4.79 Å². The van der Waals surface area contributed by atoms with Gasteiger partial charge in [-0.15, -0.1) is 0 Å². The van der Waals surface area contributed by atoms with E-state index in [1.807, 2.05) is 30.3 Å². The second-order valence-electron chi connectivity index (χ2n) is 7.69. The van der Waals surface area contributed by atoms with E-state index in [4.69, 9.17) is 26.2 Å². The van der Waals surface area contributed by atoms with Crippen molar-refractivity contribution < 1.29 is 29.0 Å². The van der Waals surface area contributed by atoms with Crippen molar-refractivity contribution in [2.75, 3.05) is 7.11 Å². The lowest BCUT2D eigenvalue weighted by atomic mass is 10.1. The molecule has 9 heteroatoms. The van der Waals surface area contributed by atoms with E-state index >= 15 is 0 Å². The third kappa shape index (κ3) is 5.44. The molecule has 1 aliphatic rings. The van der Waals surface area contributed by atoms with Gasteiger partial charge in [0.25, 0.3) is 5.91 Å². The molecule has 3 amide bonds. The molecule has 3 aromatic carbocycles. The van der Waals surface area contributed by atoms with E-state index in [-0.39, 0.29) is 35.2 Å². The summed E-state index contributed by atoms with van der Waals surface area (Å²) in [5, 5.41) is 12.0. The van der Waals surface area contributed by atoms with Crippen LogP contribution in [0.2, 0.25) is 5.02 Å². The summed E-state index contributed by atoms with van der Waals surface area (Å²) in [5.41, 5.74) is 2.26. The number of ether oxygens (including phenoxy) is 2. The minimum atomic E-state index is -1.03. The SMILES string of the molecule is COc1cc(/C=C2/NC(=O)N(Cc3ccccc3)C2=O)cc(Cl)c1OCc1cccc(C(=O)O)c1. The van der Waals surface area contributed by atoms with Gasteiger partial charge in [-0.25, -0.2) is 9.59 Å². The van der Waals surface area contributed by atoms with Gasteiger partial charge in [0.05, 0.1) is 24.2 Å². The molecular weight excluding hydrogens is 472 g/mol. The number of amides is 3. The lowest BCUT2D eigenvalue weighted by molar-refractivity contribution is -0.123. The Hall–Kier alpha value is -4.30. The highest BCUT2D eigenvalue weighted by Gasteiger charge is 2.33. The van der Waals surface area contributed by atoms with Gasteiger partial charge in [-0.05, 0) is 47.0 Å². The molecular formula is C26H21ClN2O6. The molecule has 8 nitrogen and oxygen atoms in total. The number of carbonyl (C=O) groups excluding carboxylic acids is 2. The molecule has 178 valence electrons. The first kappa shape index (κ1) is 23.8. The summed E-state index contributed by atoms with van der Waals surface area (Å²) < 4.78 is 11.2. The fourth-order valence-corrected chi connectivity index (χ4v) is 3.83. The standard InChI is InChI=1S/C26H21ClN2O6/c1-34-22-13-18(11-20(27)23(22)35-15-17-8-5-9-19(10-17)25(31)32)12-21-24(30)29(26(33)28-21)14-16-6-3-2-4-7-16/h2-13H,14-15H2,1H3,(H,28,33)(H,31,32)/b21-12+. The maximum Gasteiger partial charge on any atom is 0.335 e. The fraction of sp³-hybridized carbons (Fsp3) is 0.115. The molecule has 0 saturated carbocycles. The molecule has 0 aliphatic carbocycles. The summed E-state index contributed by atoms with van der Waals surface area (Å²) in [6.07, 6.45) is 1.51. The van der Waals surface area contributed by atoms with Gasteiger partial charge in [0.2, 0.25) is 0 Å². The average molecular weight is 493 g/mol. The molecule has 0 aromatic heterocycles. The van der Waals surface area contributed by atoms with Crippen LogP contribution in [-0.2, 0) is 17.9 Å². The highest BCUT2D eigenvalue weighted by molar-refractivity contribution is 6.32. The molecule has 2 N–H and O–H groups in total. The number of rotatable bonds is 8. The summed E-state index contributed by atoms with van der Waals surface area (Å²) in [7, 11) is 1.45. The highest BCUT2D eigenvalue weighted by Crippen LogP contribution is 2.37. The Morgan fingerprint density at radius 2 is 1.80 bits per heavy atom. The fourth-order valence-electron chi connectivity index (χ4n) is 3.56. The van der Waals surface area contributed by atoms with Gasteiger partial charge in [-0.1, -0.05) is 54.1 Å². The Morgan fingerprint density at radius 1 is 1.06 bits per heavy atom. The molecule has 1 heterocycles. The van der Waals surface area contributed by atoms with Crippen molar-refractivity contribution in [2.24, 2.45) is 0 Å². The number of nitrogens with zero attached hydrogens (tertiary/aromatic N) is 1. The number of carboxylic acids is 1. The monoisotopic (exact) mass is 492 g/mol. The smallest absolute Gasteiger partial charge is 0.335 e. The van der Waals surface area contributed by atoms with E-state index in [0.717, 1.165) is 10.5 Å². The number of imide groups is 1. The Morgan fingerprint density at radius 3 is 2.51 bits per heavy atom. The molecule has 0 radical (unpaired) electrons. The largest absolute Gasteiger partial charge is 0.493 e. The molecule has 35 heavy (non-hydrogen) atoms. The van der Waals surface area contributed by atoms with Crippen LogP contribution in [0.1, 0.15) is 27.0 Å². The van der Waals surface area contributed by atoms with Crippen molar-refractivity contribution in [2.45, 2.75) is 13.2 Å². The molecule has 1 saturated heterocycles. The molecule has 4 rings (SSSR count). The Labute approximate surface area is 206 Å². The second kappa shape index (κ2) is 10.3. The number of hydrogen-bond acceptors (Lipinski definition) is 5. The predicted octanol–water partition coefficient (Wildman–Crippen LogP) is 4.72. The highest BCUT2D eigenvalue weighted by atomic mass is 35.5. The first-order chi connectivity index (χ1) is 16.9. The van der Waals surface area contributed by atoms with Gasteiger partial charge in [-0.2, -0.15) is 0 Å². The van der Waals surface area contributed by atoms with E-state index in [1.165, 1.54) is 25.3 Å². The molecule has 1 fully saturated rings. The summed E-state index contributed by atoms with van der Waals surface area (Å²) in [5.74, 6) is -0.899. The van der Waals surface area contributed by atoms with Crippen LogP contribution in [0.25, 0.3) is 6.08 Å². The third-order valence-electron chi connectivity index (χ3n) is 5.27. The number of nitrogens with one attached hydrogen (secondary N) is 1. The van der Waals surface area contributed by atoms with E-state index in [1.54, 1.807) is 24.3 Å². The van der Waals surface area contributed by atoms with E-state index in [9.17, 15) is 14.4 Å². The third-order valence-corrected chi connectivity index (χ3v) is 5.55. The number of hydrogen-bond donors (Lipinski definition) is 2. The summed E-state index contributed by atoms with van der Waals surface area (Å²) >= 11 is 6.44. The van der Waals surface area contributed by atoms with E-state index in [0.29, 0.717) is 16.9 Å². The zero-order chi connectivity index (χ0) is 24.9.